The van der Waals surface area contributed by atoms with Gasteiger partial charge in [-0.15, -0.1) is 0 Å². The molecule has 194 valence electrons. The molecule has 38 heavy (non-hydrogen) atoms. The number of fused-ring (bicyclic) bond motifs is 1. The fraction of sp³-hybridized carbons (Fsp3) is 0.214. The summed E-state index contributed by atoms with van der Waals surface area (Å²) < 4.78 is 7.62. The maximum atomic E-state index is 12.2. The third kappa shape index (κ3) is 5.74. The highest BCUT2D eigenvalue weighted by atomic mass is 16.5. The lowest BCUT2D eigenvalue weighted by molar-refractivity contribution is -0.111. The van der Waals surface area contributed by atoms with Gasteiger partial charge >= 0.3 is 0 Å². The molecule has 0 aliphatic carbocycles. The van der Waals surface area contributed by atoms with Crippen LogP contribution < -0.4 is 20.3 Å². The third-order valence-electron chi connectivity index (χ3n) is 5.99. The first-order valence-corrected chi connectivity index (χ1v) is 11.9. The van der Waals surface area contributed by atoms with E-state index >= 15 is 0 Å². The SMILES string of the molecule is [C-]#[N+]c1ccc2c(ccn2-c2ccnc(Nc3cc(NC(=O)C=C)c(N(C)CCN(C)C)cc3OC)n2)c1. The lowest BCUT2D eigenvalue weighted by Crippen LogP contribution is -2.29. The monoisotopic (exact) mass is 510 g/mol. The van der Waals surface area contributed by atoms with E-state index in [0.717, 1.165) is 29.7 Å². The minimum Gasteiger partial charge on any atom is -0.494 e. The highest BCUT2D eigenvalue weighted by Crippen LogP contribution is 2.38. The molecule has 1 amide bonds. The molecule has 0 atom stereocenters. The van der Waals surface area contributed by atoms with Gasteiger partial charge in [0.15, 0.2) is 5.69 Å². The Balaban J connectivity index is 1.69. The molecule has 4 rings (SSSR count). The normalized spacial score (nSPS) is 10.7. The standard InChI is InChI=1S/C28H30N8O2/c1-7-27(37)31-21-17-22(25(38-6)18-24(21)35(5)15-14-34(3)4)32-28-30-12-10-26(33-28)36-13-11-19-16-20(29-2)8-9-23(19)36/h7-13,16-18H,1,14-15H2,3-6H3,(H,31,37)(H,30,32,33). The molecule has 0 spiro atoms. The Morgan fingerprint density at radius 3 is 2.68 bits per heavy atom. The number of nitrogens with zero attached hydrogens (tertiary/aromatic N) is 6. The van der Waals surface area contributed by atoms with Crippen LogP contribution >= 0.6 is 0 Å². The zero-order valence-corrected chi connectivity index (χ0v) is 21.9. The topological polar surface area (TPSA) is 91.9 Å². The van der Waals surface area contributed by atoms with Crippen LogP contribution in [0.3, 0.4) is 0 Å². The second-order valence-corrected chi connectivity index (χ2v) is 8.89. The van der Waals surface area contributed by atoms with E-state index in [1.165, 1.54) is 6.08 Å². The number of benzene rings is 2. The number of nitrogens with one attached hydrogen (secondary N) is 2. The van der Waals surface area contributed by atoms with Gasteiger partial charge in [0, 0.05) is 38.6 Å². The molecule has 0 fully saturated rings. The number of rotatable bonds is 10. The van der Waals surface area contributed by atoms with Crippen molar-refractivity contribution in [1.29, 1.82) is 0 Å². The Bertz CT molecular complexity index is 1520. The summed E-state index contributed by atoms with van der Waals surface area (Å²) in [6.45, 7) is 12.4. The number of aromatic nitrogens is 3. The second kappa shape index (κ2) is 11.5. The van der Waals surface area contributed by atoms with Gasteiger partial charge in [0.2, 0.25) is 11.9 Å². The van der Waals surface area contributed by atoms with Crippen LogP contribution in [-0.2, 0) is 4.79 Å². The summed E-state index contributed by atoms with van der Waals surface area (Å²) >= 11 is 0. The van der Waals surface area contributed by atoms with Crippen LogP contribution in [0.2, 0.25) is 0 Å². The minimum absolute atomic E-state index is 0.317. The molecule has 10 heteroatoms. The summed E-state index contributed by atoms with van der Waals surface area (Å²) in [5, 5.41) is 7.08. The van der Waals surface area contributed by atoms with Crippen molar-refractivity contribution in [3.8, 4) is 11.6 Å². The molecule has 0 bridgehead atoms. The van der Waals surface area contributed by atoms with E-state index in [-0.39, 0.29) is 5.91 Å². The molecule has 0 aliphatic heterocycles. The largest absolute Gasteiger partial charge is 0.494 e. The van der Waals surface area contributed by atoms with Crippen molar-refractivity contribution in [2.24, 2.45) is 0 Å². The van der Waals surface area contributed by atoms with Gasteiger partial charge in [-0.1, -0.05) is 12.6 Å². The number of carbonyl (C=O) groups is 1. The number of hydrogen-bond acceptors (Lipinski definition) is 7. The molecule has 2 aromatic carbocycles. The predicted molar refractivity (Wildman–Crippen MR) is 152 cm³/mol. The van der Waals surface area contributed by atoms with E-state index in [1.807, 2.05) is 62.2 Å². The van der Waals surface area contributed by atoms with Gasteiger partial charge in [-0.25, -0.2) is 9.83 Å². The van der Waals surface area contributed by atoms with Crippen molar-refractivity contribution in [2.75, 3.05) is 56.9 Å². The van der Waals surface area contributed by atoms with Crippen LogP contribution in [0, 0.1) is 6.57 Å². The van der Waals surface area contributed by atoms with Gasteiger partial charge in [0.1, 0.15) is 11.6 Å². The zero-order chi connectivity index (χ0) is 27.2. The summed E-state index contributed by atoms with van der Waals surface area (Å²) in [5.41, 5.74) is 3.51. The van der Waals surface area contributed by atoms with E-state index in [2.05, 4.69) is 36.8 Å². The van der Waals surface area contributed by atoms with Crippen LogP contribution in [0.25, 0.3) is 21.6 Å². The molecule has 0 radical (unpaired) electrons. The maximum absolute atomic E-state index is 12.2. The van der Waals surface area contributed by atoms with E-state index in [1.54, 1.807) is 25.4 Å². The summed E-state index contributed by atoms with van der Waals surface area (Å²) in [6, 6.07) is 13.0. The number of ether oxygens (including phenoxy) is 1. The number of carbonyl (C=O) groups excluding carboxylic acids is 1. The number of methoxy groups -OCH3 is 1. The first-order chi connectivity index (χ1) is 18.3. The van der Waals surface area contributed by atoms with E-state index in [0.29, 0.717) is 34.6 Å². The Labute approximate surface area is 222 Å². The predicted octanol–water partition coefficient (Wildman–Crippen LogP) is 4.85. The Morgan fingerprint density at radius 1 is 1.16 bits per heavy atom. The molecule has 0 saturated heterocycles. The summed E-state index contributed by atoms with van der Waals surface area (Å²) in [4.78, 5) is 29.0. The summed E-state index contributed by atoms with van der Waals surface area (Å²) in [7, 11) is 7.57. The van der Waals surface area contributed by atoms with Crippen molar-refractivity contribution < 1.29 is 9.53 Å². The van der Waals surface area contributed by atoms with Crippen molar-refractivity contribution in [1.82, 2.24) is 19.4 Å². The van der Waals surface area contributed by atoms with Crippen LogP contribution in [0.4, 0.5) is 28.7 Å². The number of hydrogen-bond donors (Lipinski definition) is 2. The second-order valence-electron chi connectivity index (χ2n) is 8.89. The molecule has 2 heterocycles. The van der Waals surface area contributed by atoms with Crippen LogP contribution in [0.5, 0.6) is 5.75 Å². The zero-order valence-electron chi connectivity index (χ0n) is 21.9. The van der Waals surface area contributed by atoms with Gasteiger partial charge in [-0.3, -0.25) is 4.79 Å². The van der Waals surface area contributed by atoms with Crippen molar-refractivity contribution in [3.63, 3.8) is 0 Å². The van der Waals surface area contributed by atoms with Crippen molar-refractivity contribution in [2.45, 2.75) is 0 Å². The smallest absolute Gasteiger partial charge is 0.247 e. The van der Waals surface area contributed by atoms with Gasteiger partial charge in [-0.2, -0.15) is 4.98 Å². The Kier molecular flexibility index (Phi) is 7.89. The molecule has 0 unspecified atom stereocenters. The van der Waals surface area contributed by atoms with Gasteiger partial charge in [0.05, 0.1) is 36.3 Å². The summed E-state index contributed by atoms with van der Waals surface area (Å²) in [5.74, 6) is 1.27. The first kappa shape index (κ1) is 26.2. The van der Waals surface area contributed by atoms with Crippen molar-refractivity contribution >= 4 is 45.5 Å². The molecule has 0 saturated carbocycles. The fourth-order valence-corrected chi connectivity index (χ4v) is 3.97. The van der Waals surface area contributed by atoms with Gasteiger partial charge in [0.25, 0.3) is 0 Å². The highest BCUT2D eigenvalue weighted by Gasteiger charge is 2.17. The number of anilines is 4. The van der Waals surface area contributed by atoms with E-state index < -0.39 is 0 Å². The molecular weight excluding hydrogens is 480 g/mol. The fourth-order valence-electron chi connectivity index (χ4n) is 3.97. The first-order valence-electron chi connectivity index (χ1n) is 11.9. The summed E-state index contributed by atoms with van der Waals surface area (Å²) in [6.07, 6.45) is 4.81. The average Bonchev–Trinajstić information content (AvgIpc) is 3.35. The molecular formula is C28H30N8O2. The van der Waals surface area contributed by atoms with Crippen LogP contribution in [0.1, 0.15) is 0 Å². The lowest BCUT2D eigenvalue weighted by atomic mass is 10.2. The maximum Gasteiger partial charge on any atom is 0.247 e. The van der Waals surface area contributed by atoms with E-state index in [4.69, 9.17) is 16.3 Å². The van der Waals surface area contributed by atoms with Gasteiger partial charge in [-0.05, 0) is 55.9 Å². The number of likely N-dealkylation sites (N-methyl/N-ethyl adjacent to an activating group) is 2. The molecule has 2 aromatic heterocycles. The molecule has 0 aliphatic rings. The van der Waals surface area contributed by atoms with Gasteiger partial charge < -0.3 is 29.7 Å². The molecule has 4 aromatic rings. The van der Waals surface area contributed by atoms with Crippen LogP contribution in [-0.4, -0.2) is 66.7 Å². The molecule has 10 nitrogen and oxygen atoms in total. The molecule has 2 N–H and O–H groups in total. The lowest BCUT2D eigenvalue weighted by Gasteiger charge is -2.26. The Morgan fingerprint density at radius 2 is 1.97 bits per heavy atom. The number of amides is 1. The minimum atomic E-state index is -0.317. The van der Waals surface area contributed by atoms with E-state index in [9.17, 15) is 4.79 Å². The highest BCUT2D eigenvalue weighted by molar-refractivity contribution is 6.02. The third-order valence-corrected chi connectivity index (χ3v) is 5.99. The Hall–Kier alpha value is -4.88. The van der Waals surface area contributed by atoms with Crippen LogP contribution in [0.15, 0.2) is 67.5 Å². The van der Waals surface area contributed by atoms with Crippen molar-refractivity contribution in [3.05, 3.63) is 78.9 Å². The quantitative estimate of drug-likeness (QED) is 0.233. The average molecular weight is 511 g/mol.